The van der Waals surface area contributed by atoms with E-state index in [1.54, 1.807) is 0 Å². The molecule has 0 heterocycles. The van der Waals surface area contributed by atoms with E-state index in [1.165, 1.54) is 32.2 Å². The van der Waals surface area contributed by atoms with Crippen LogP contribution in [0.25, 0.3) is 0 Å². The first-order valence-corrected chi connectivity index (χ1v) is 4.59. The van der Waals surface area contributed by atoms with Crippen LogP contribution in [0.4, 0.5) is 0 Å². The molecule has 0 aromatic carbocycles. The van der Waals surface area contributed by atoms with E-state index < -0.39 is 0 Å². The average Bonchev–Trinajstić information content (AvgIpc) is 1.85. The summed E-state index contributed by atoms with van der Waals surface area (Å²) in [6.45, 7) is 1.22. The van der Waals surface area contributed by atoms with Gasteiger partial charge >= 0.3 is 0 Å². The predicted octanol–water partition coefficient (Wildman–Crippen LogP) is 1.07. The highest BCUT2D eigenvalue weighted by Crippen LogP contribution is 2.23. The van der Waals surface area contributed by atoms with Gasteiger partial charge in [0.1, 0.15) is 0 Å². The molecule has 1 rings (SSSR count). The molecule has 2 N–H and O–H groups in total. The normalized spacial score (nSPS) is 32.7. The van der Waals surface area contributed by atoms with Gasteiger partial charge in [-0.05, 0) is 39.3 Å². The van der Waals surface area contributed by atoms with E-state index in [9.17, 15) is 0 Å². The molecular formula is C9H20N2. The highest BCUT2D eigenvalue weighted by atomic mass is 15.1. The van der Waals surface area contributed by atoms with Crippen LogP contribution in [0.15, 0.2) is 0 Å². The molecule has 66 valence electrons. The minimum Gasteiger partial charge on any atom is -0.328 e. The summed E-state index contributed by atoms with van der Waals surface area (Å²) in [5.74, 6) is 0.855. The van der Waals surface area contributed by atoms with Crippen molar-refractivity contribution in [3.8, 4) is 0 Å². The number of nitrogens with zero attached hydrogens (tertiary/aromatic N) is 1. The summed E-state index contributed by atoms with van der Waals surface area (Å²) in [7, 11) is 4.28. The van der Waals surface area contributed by atoms with Crippen molar-refractivity contribution in [3.05, 3.63) is 0 Å². The second kappa shape index (κ2) is 4.07. The first-order valence-electron chi connectivity index (χ1n) is 4.59. The Bertz CT molecular complexity index is 110. The van der Waals surface area contributed by atoms with E-state index in [2.05, 4.69) is 19.0 Å². The fourth-order valence-corrected chi connectivity index (χ4v) is 2.01. The SMILES string of the molecule is CN(C)C[C@@H]1CCC[C@@H](N)C1. The highest BCUT2D eigenvalue weighted by molar-refractivity contribution is 4.76. The van der Waals surface area contributed by atoms with E-state index in [4.69, 9.17) is 5.73 Å². The van der Waals surface area contributed by atoms with Gasteiger partial charge in [-0.25, -0.2) is 0 Å². The van der Waals surface area contributed by atoms with Crippen molar-refractivity contribution in [2.75, 3.05) is 20.6 Å². The highest BCUT2D eigenvalue weighted by Gasteiger charge is 2.19. The second-order valence-corrected chi connectivity index (χ2v) is 4.05. The third-order valence-corrected chi connectivity index (χ3v) is 2.45. The summed E-state index contributed by atoms with van der Waals surface area (Å²) in [5, 5.41) is 0. The molecule has 0 aromatic heterocycles. The Morgan fingerprint density at radius 3 is 2.64 bits per heavy atom. The van der Waals surface area contributed by atoms with Gasteiger partial charge in [-0.1, -0.05) is 6.42 Å². The van der Waals surface area contributed by atoms with Gasteiger partial charge < -0.3 is 10.6 Å². The van der Waals surface area contributed by atoms with E-state index >= 15 is 0 Å². The molecule has 1 aliphatic carbocycles. The monoisotopic (exact) mass is 156 g/mol. The number of hydrogen-bond acceptors (Lipinski definition) is 2. The van der Waals surface area contributed by atoms with Crippen LogP contribution in [-0.2, 0) is 0 Å². The zero-order valence-corrected chi connectivity index (χ0v) is 7.71. The molecule has 0 bridgehead atoms. The largest absolute Gasteiger partial charge is 0.328 e. The molecule has 0 radical (unpaired) electrons. The van der Waals surface area contributed by atoms with E-state index in [0.29, 0.717) is 6.04 Å². The number of rotatable bonds is 2. The van der Waals surface area contributed by atoms with Crippen molar-refractivity contribution >= 4 is 0 Å². The van der Waals surface area contributed by atoms with Crippen LogP contribution in [0, 0.1) is 5.92 Å². The maximum atomic E-state index is 5.88. The van der Waals surface area contributed by atoms with Crippen LogP contribution in [0.1, 0.15) is 25.7 Å². The summed E-state index contributed by atoms with van der Waals surface area (Å²) in [6.07, 6.45) is 5.19. The molecule has 1 saturated carbocycles. The fourth-order valence-electron chi connectivity index (χ4n) is 2.01. The number of nitrogens with two attached hydrogens (primary N) is 1. The Balaban J connectivity index is 2.23. The van der Waals surface area contributed by atoms with Crippen molar-refractivity contribution in [3.63, 3.8) is 0 Å². The molecule has 2 atom stereocenters. The van der Waals surface area contributed by atoms with Gasteiger partial charge in [-0.2, -0.15) is 0 Å². The molecular weight excluding hydrogens is 136 g/mol. The first-order chi connectivity index (χ1) is 5.18. The minimum atomic E-state index is 0.480. The van der Waals surface area contributed by atoms with Crippen molar-refractivity contribution in [1.29, 1.82) is 0 Å². The molecule has 1 fully saturated rings. The Labute approximate surface area is 69.8 Å². The molecule has 0 unspecified atom stereocenters. The van der Waals surface area contributed by atoms with E-state index in [-0.39, 0.29) is 0 Å². The van der Waals surface area contributed by atoms with Crippen molar-refractivity contribution in [2.45, 2.75) is 31.7 Å². The van der Waals surface area contributed by atoms with Crippen LogP contribution in [0.5, 0.6) is 0 Å². The molecule has 2 nitrogen and oxygen atoms in total. The molecule has 11 heavy (non-hydrogen) atoms. The van der Waals surface area contributed by atoms with Gasteiger partial charge in [0.2, 0.25) is 0 Å². The lowest BCUT2D eigenvalue weighted by molar-refractivity contribution is 0.247. The molecule has 1 aliphatic rings. The van der Waals surface area contributed by atoms with Gasteiger partial charge in [0.25, 0.3) is 0 Å². The van der Waals surface area contributed by atoms with Crippen molar-refractivity contribution in [2.24, 2.45) is 11.7 Å². The zero-order chi connectivity index (χ0) is 8.27. The Morgan fingerprint density at radius 1 is 1.36 bits per heavy atom. The molecule has 0 saturated heterocycles. The van der Waals surface area contributed by atoms with Crippen LogP contribution in [-0.4, -0.2) is 31.6 Å². The lowest BCUT2D eigenvalue weighted by Gasteiger charge is -2.28. The van der Waals surface area contributed by atoms with Gasteiger partial charge in [0, 0.05) is 12.6 Å². The lowest BCUT2D eigenvalue weighted by Crippen LogP contribution is -2.32. The van der Waals surface area contributed by atoms with Crippen LogP contribution >= 0.6 is 0 Å². The van der Waals surface area contributed by atoms with Crippen LogP contribution < -0.4 is 5.73 Å². The standard InChI is InChI=1S/C9H20N2/c1-11(2)7-8-4-3-5-9(10)6-8/h8-9H,3-7,10H2,1-2H3/t8-,9-/m1/s1. The molecule has 0 aromatic rings. The second-order valence-electron chi connectivity index (χ2n) is 4.05. The Kier molecular flexibility index (Phi) is 3.34. The van der Waals surface area contributed by atoms with E-state index in [0.717, 1.165) is 5.92 Å². The maximum absolute atomic E-state index is 5.88. The molecule has 0 spiro atoms. The third-order valence-electron chi connectivity index (χ3n) is 2.45. The lowest BCUT2D eigenvalue weighted by atomic mass is 9.86. The van der Waals surface area contributed by atoms with Gasteiger partial charge in [-0.15, -0.1) is 0 Å². The molecule has 2 heteroatoms. The van der Waals surface area contributed by atoms with Crippen molar-refractivity contribution in [1.82, 2.24) is 4.90 Å². The van der Waals surface area contributed by atoms with E-state index in [1.807, 2.05) is 0 Å². The molecule has 0 aliphatic heterocycles. The van der Waals surface area contributed by atoms with Crippen LogP contribution in [0.3, 0.4) is 0 Å². The summed E-state index contributed by atoms with van der Waals surface area (Å²) in [6, 6.07) is 0.480. The smallest absolute Gasteiger partial charge is 0.00419 e. The molecule has 0 amide bonds. The topological polar surface area (TPSA) is 29.3 Å². The zero-order valence-electron chi connectivity index (χ0n) is 7.71. The minimum absolute atomic E-state index is 0.480. The summed E-state index contributed by atoms with van der Waals surface area (Å²) in [5.41, 5.74) is 5.88. The predicted molar refractivity (Wildman–Crippen MR) is 48.5 cm³/mol. The maximum Gasteiger partial charge on any atom is 0.00419 e. The van der Waals surface area contributed by atoms with Crippen molar-refractivity contribution < 1.29 is 0 Å². The fraction of sp³-hybridized carbons (Fsp3) is 1.00. The number of hydrogen-bond donors (Lipinski definition) is 1. The van der Waals surface area contributed by atoms with Crippen LogP contribution in [0.2, 0.25) is 0 Å². The summed E-state index contributed by atoms with van der Waals surface area (Å²) < 4.78 is 0. The average molecular weight is 156 g/mol. The van der Waals surface area contributed by atoms with Gasteiger partial charge in [-0.3, -0.25) is 0 Å². The van der Waals surface area contributed by atoms with Gasteiger partial charge in [0.05, 0.1) is 0 Å². The quantitative estimate of drug-likeness (QED) is 0.648. The first kappa shape index (κ1) is 9.01. The summed E-state index contributed by atoms with van der Waals surface area (Å²) in [4.78, 5) is 2.27. The summed E-state index contributed by atoms with van der Waals surface area (Å²) >= 11 is 0. The van der Waals surface area contributed by atoms with Gasteiger partial charge in [0.15, 0.2) is 0 Å². The Hall–Kier alpha value is -0.0800. The third kappa shape index (κ3) is 3.21. The Morgan fingerprint density at radius 2 is 2.09 bits per heavy atom.